The second-order valence-electron chi connectivity index (χ2n) is 4.11. The van der Waals surface area contributed by atoms with Crippen molar-refractivity contribution in [1.82, 2.24) is 0 Å². The van der Waals surface area contributed by atoms with Crippen LogP contribution in [-0.2, 0) is 10.1 Å². The zero-order valence-electron chi connectivity index (χ0n) is 11.8. The van der Waals surface area contributed by atoms with Crippen LogP contribution in [0.3, 0.4) is 0 Å². The predicted octanol–water partition coefficient (Wildman–Crippen LogP) is -1.45. The van der Waals surface area contributed by atoms with Crippen molar-refractivity contribution in [3.05, 3.63) is 12.2 Å². The molecule has 7 heteroatoms. The number of nitrogens with zero attached hydrogens (tertiary/aromatic N) is 1. The van der Waals surface area contributed by atoms with Crippen molar-refractivity contribution in [3.63, 3.8) is 0 Å². The number of hydrogen-bond acceptors (Lipinski definition) is 4. The third-order valence-corrected chi connectivity index (χ3v) is 3.12. The fourth-order valence-corrected chi connectivity index (χ4v) is 1.86. The Balaban J connectivity index is 0. The van der Waals surface area contributed by atoms with Crippen LogP contribution in [0.5, 0.6) is 0 Å². The first kappa shape index (κ1) is 22.0. The van der Waals surface area contributed by atoms with E-state index >= 15 is 0 Å². The van der Waals surface area contributed by atoms with Crippen LogP contribution in [0.4, 0.5) is 0 Å². The molecule has 0 fully saturated rings. The first-order valence-corrected chi connectivity index (χ1v) is 7.90. The fourth-order valence-electron chi connectivity index (χ4n) is 1.36. The van der Waals surface area contributed by atoms with Gasteiger partial charge in [0, 0.05) is 6.54 Å². The molecular formula is C12H22KNO4S. The van der Waals surface area contributed by atoms with Crippen molar-refractivity contribution in [2.75, 3.05) is 12.3 Å². The van der Waals surface area contributed by atoms with Crippen LogP contribution in [0.2, 0.25) is 0 Å². The van der Waals surface area contributed by atoms with Gasteiger partial charge in [-0.1, -0.05) is 38.3 Å². The van der Waals surface area contributed by atoms with Crippen molar-refractivity contribution < 1.29 is 69.5 Å². The molecule has 0 aromatic heterocycles. The summed E-state index contributed by atoms with van der Waals surface area (Å²) in [5.41, 5.74) is 0. The molecule has 0 spiro atoms. The molecule has 0 saturated heterocycles. The van der Waals surface area contributed by atoms with Crippen molar-refractivity contribution in [3.8, 4) is 0 Å². The van der Waals surface area contributed by atoms with Crippen LogP contribution in [0.15, 0.2) is 17.1 Å². The molecule has 0 saturated carbocycles. The molecule has 0 aromatic carbocycles. The van der Waals surface area contributed by atoms with Crippen LogP contribution in [0.1, 0.15) is 45.4 Å². The minimum absolute atomic E-state index is 0. The Kier molecular flexibility index (Phi) is 15.9. The van der Waals surface area contributed by atoms with Crippen LogP contribution in [-0.4, -0.2) is 31.2 Å². The standard InChI is InChI=1S/C12H23NO4S.K/c1-2-3-4-5-6-7-9-12(14)13-10-8-11-18(15,16)17;/h7,9H,2-6,8,10-11H2,1H3,(H,13,14)(H,15,16,17);/q;+1/p-1/b9-7+;. The number of unbranched alkanes of at least 4 members (excludes halogenated alkanes) is 4. The van der Waals surface area contributed by atoms with Crippen molar-refractivity contribution in [1.29, 1.82) is 0 Å². The SMILES string of the molecule is CCCCCC/C=C/C([O-])=NCCCS(=O)(=O)O.[K+]. The molecule has 106 valence electrons. The molecule has 0 aliphatic rings. The summed E-state index contributed by atoms with van der Waals surface area (Å²) in [6.07, 6.45) is 8.87. The Hall–Kier alpha value is 0.756. The third-order valence-electron chi connectivity index (χ3n) is 2.31. The molecule has 5 nitrogen and oxygen atoms in total. The monoisotopic (exact) mass is 315 g/mol. The average Bonchev–Trinajstić information content (AvgIpc) is 2.28. The largest absolute Gasteiger partial charge is 1.00 e. The second-order valence-corrected chi connectivity index (χ2v) is 5.68. The summed E-state index contributed by atoms with van der Waals surface area (Å²) in [4.78, 5) is 3.66. The molecule has 0 rings (SSSR count). The van der Waals surface area contributed by atoms with Gasteiger partial charge in [0.25, 0.3) is 10.1 Å². The van der Waals surface area contributed by atoms with Gasteiger partial charge in [0.05, 0.1) is 5.75 Å². The molecule has 0 bridgehead atoms. The molecule has 0 radical (unpaired) electrons. The van der Waals surface area contributed by atoms with Gasteiger partial charge in [0.1, 0.15) is 0 Å². The van der Waals surface area contributed by atoms with Crippen molar-refractivity contribution in [2.24, 2.45) is 4.99 Å². The second kappa shape index (κ2) is 13.7. The summed E-state index contributed by atoms with van der Waals surface area (Å²) in [5.74, 6) is -0.703. The van der Waals surface area contributed by atoms with Gasteiger partial charge in [0.15, 0.2) is 0 Å². The fraction of sp³-hybridized carbons (Fsp3) is 0.750. The summed E-state index contributed by atoms with van der Waals surface area (Å²) >= 11 is 0. The Morgan fingerprint density at radius 1 is 1.26 bits per heavy atom. The van der Waals surface area contributed by atoms with Gasteiger partial charge in [-0.05, 0) is 25.2 Å². The molecular weight excluding hydrogens is 293 g/mol. The van der Waals surface area contributed by atoms with E-state index in [-0.39, 0.29) is 76.0 Å². The zero-order chi connectivity index (χ0) is 13.9. The van der Waals surface area contributed by atoms with Crippen LogP contribution in [0, 0.1) is 0 Å². The van der Waals surface area contributed by atoms with Gasteiger partial charge < -0.3 is 10.1 Å². The predicted molar refractivity (Wildman–Crippen MR) is 71.2 cm³/mol. The van der Waals surface area contributed by atoms with Gasteiger partial charge in [0.2, 0.25) is 0 Å². The van der Waals surface area contributed by atoms with Gasteiger partial charge in [-0.2, -0.15) is 8.42 Å². The van der Waals surface area contributed by atoms with Crippen LogP contribution >= 0.6 is 0 Å². The van der Waals surface area contributed by atoms with Crippen LogP contribution < -0.4 is 56.5 Å². The van der Waals surface area contributed by atoms with Gasteiger partial charge in [-0.25, -0.2) is 0 Å². The van der Waals surface area contributed by atoms with E-state index in [2.05, 4.69) is 11.9 Å². The molecule has 1 N–H and O–H groups in total. The molecule has 0 unspecified atom stereocenters. The Morgan fingerprint density at radius 3 is 2.53 bits per heavy atom. The summed E-state index contributed by atoms with van der Waals surface area (Å²) < 4.78 is 29.2. The molecule has 0 aliphatic heterocycles. The van der Waals surface area contributed by atoms with Crippen molar-refractivity contribution >= 4 is 16.0 Å². The van der Waals surface area contributed by atoms with E-state index in [0.29, 0.717) is 0 Å². The first-order chi connectivity index (χ1) is 8.45. The molecule has 0 atom stereocenters. The maximum atomic E-state index is 11.2. The Labute approximate surface area is 158 Å². The minimum atomic E-state index is -3.94. The van der Waals surface area contributed by atoms with E-state index in [1.807, 2.05) is 0 Å². The van der Waals surface area contributed by atoms with E-state index in [9.17, 15) is 13.5 Å². The summed E-state index contributed by atoms with van der Waals surface area (Å²) in [5, 5.41) is 11.2. The van der Waals surface area contributed by atoms with Crippen molar-refractivity contribution in [2.45, 2.75) is 45.4 Å². The van der Waals surface area contributed by atoms with E-state index in [4.69, 9.17) is 4.55 Å². The molecule has 19 heavy (non-hydrogen) atoms. The minimum Gasteiger partial charge on any atom is -0.859 e. The third kappa shape index (κ3) is 18.8. The van der Waals surface area contributed by atoms with E-state index in [1.54, 1.807) is 6.08 Å². The van der Waals surface area contributed by atoms with Crippen LogP contribution in [0.25, 0.3) is 0 Å². The topological polar surface area (TPSA) is 89.8 Å². The first-order valence-electron chi connectivity index (χ1n) is 6.29. The molecule has 0 amide bonds. The average molecular weight is 315 g/mol. The van der Waals surface area contributed by atoms with E-state index < -0.39 is 10.1 Å². The summed E-state index contributed by atoms with van der Waals surface area (Å²) in [7, 11) is -3.94. The molecule has 0 aromatic rings. The summed E-state index contributed by atoms with van der Waals surface area (Å²) in [6.45, 7) is 2.27. The Morgan fingerprint density at radius 2 is 1.95 bits per heavy atom. The Bertz CT molecular complexity index is 366. The molecule has 0 heterocycles. The number of allylic oxidation sites excluding steroid dienone is 1. The normalized spacial score (nSPS) is 12.6. The number of aliphatic imine (C=N–C) groups is 1. The number of rotatable bonds is 10. The van der Waals surface area contributed by atoms with E-state index in [1.165, 1.54) is 25.3 Å². The van der Waals surface area contributed by atoms with Gasteiger partial charge in [-0.15, -0.1) is 0 Å². The quantitative estimate of drug-likeness (QED) is 0.176. The zero-order valence-corrected chi connectivity index (χ0v) is 15.8. The van der Waals surface area contributed by atoms with E-state index in [0.717, 1.165) is 12.8 Å². The summed E-state index contributed by atoms with van der Waals surface area (Å²) in [6, 6.07) is 0. The molecule has 0 aliphatic carbocycles. The van der Waals surface area contributed by atoms with Gasteiger partial charge in [-0.3, -0.25) is 4.55 Å². The van der Waals surface area contributed by atoms with Gasteiger partial charge >= 0.3 is 51.4 Å². The maximum absolute atomic E-state index is 11.2. The smallest absolute Gasteiger partial charge is 0.859 e. The number of hydrogen-bond donors (Lipinski definition) is 1. The maximum Gasteiger partial charge on any atom is 1.00 e.